The van der Waals surface area contributed by atoms with Gasteiger partial charge < -0.3 is 10.2 Å². The van der Waals surface area contributed by atoms with E-state index in [1.165, 1.54) is 21.6 Å². The SMILES string of the molecule is C[C@@H](CNC(=O)C[NH+]1CC=C(c2ccccc2)CC1)c1ccccc1. The van der Waals surface area contributed by atoms with Crippen LogP contribution in [-0.2, 0) is 4.79 Å². The highest BCUT2D eigenvalue weighted by molar-refractivity contribution is 5.77. The Labute approximate surface area is 150 Å². The molecule has 2 aromatic rings. The number of rotatable bonds is 6. The second-order valence-corrected chi connectivity index (χ2v) is 6.84. The van der Waals surface area contributed by atoms with Crippen LogP contribution in [0, 0.1) is 0 Å². The lowest BCUT2D eigenvalue weighted by atomic mass is 9.99. The molecule has 130 valence electrons. The van der Waals surface area contributed by atoms with Gasteiger partial charge in [0.05, 0.1) is 13.1 Å². The van der Waals surface area contributed by atoms with Crippen LogP contribution in [0.25, 0.3) is 5.57 Å². The fourth-order valence-electron chi connectivity index (χ4n) is 3.31. The van der Waals surface area contributed by atoms with Gasteiger partial charge in [0.1, 0.15) is 0 Å². The molecule has 3 heteroatoms. The van der Waals surface area contributed by atoms with E-state index in [2.05, 4.69) is 54.7 Å². The molecule has 3 nitrogen and oxygen atoms in total. The van der Waals surface area contributed by atoms with Gasteiger partial charge in [-0.25, -0.2) is 0 Å². The molecule has 25 heavy (non-hydrogen) atoms. The molecule has 0 aliphatic carbocycles. The molecule has 0 radical (unpaired) electrons. The zero-order valence-corrected chi connectivity index (χ0v) is 14.9. The summed E-state index contributed by atoms with van der Waals surface area (Å²) < 4.78 is 0. The van der Waals surface area contributed by atoms with Crippen molar-refractivity contribution >= 4 is 11.5 Å². The van der Waals surface area contributed by atoms with Gasteiger partial charge in [-0.3, -0.25) is 4.79 Å². The standard InChI is InChI=1S/C22H26N2O/c1-18(19-8-4-2-5-9-19)16-23-22(25)17-24-14-12-21(13-15-24)20-10-6-3-7-11-20/h2-12,18H,13-17H2,1H3,(H,23,25)/p+1/t18-/m0/s1. The van der Waals surface area contributed by atoms with Crippen LogP contribution in [0.1, 0.15) is 30.4 Å². The van der Waals surface area contributed by atoms with Gasteiger partial charge in [0, 0.05) is 13.0 Å². The van der Waals surface area contributed by atoms with Crippen molar-refractivity contribution in [3.05, 3.63) is 77.9 Å². The summed E-state index contributed by atoms with van der Waals surface area (Å²) in [5, 5.41) is 3.09. The molecule has 1 aliphatic rings. The Morgan fingerprint density at radius 1 is 1.08 bits per heavy atom. The molecule has 1 amide bonds. The van der Waals surface area contributed by atoms with E-state index >= 15 is 0 Å². The maximum atomic E-state index is 12.2. The van der Waals surface area contributed by atoms with E-state index in [1.54, 1.807) is 0 Å². The Morgan fingerprint density at radius 2 is 1.76 bits per heavy atom. The largest absolute Gasteiger partial charge is 0.351 e. The lowest BCUT2D eigenvalue weighted by molar-refractivity contribution is -0.886. The highest BCUT2D eigenvalue weighted by Crippen LogP contribution is 2.17. The fourth-order valence-corrected chi connectivity index (χ4v) is 3.31. The van der Waals surface area contributed by atoms with Crippen LogP contribution < -0.4 is 10.2 Å². The molecule has 0 aromatic heterocycles. The molecule has 0 fully saturated rings. The lowest BCUT2D eigenvalue weighted by Crippen LogP contribution is -3.13. The van der Waals surface area contributed by atoms with Crippen LogP contribution in [0.3, 0.4) is 0 Å². The van der Waals surface area contributed by atoms with Crippen LogP contribution in [-0.4, -0.2) is 32.1 Å². The van der Waals surface area contributed by atoms with Crippen LogP contribution in [0.15, 0.2) is 66.7 Å². The molecule has 1 unspecified atom stereocenters. The van der Waals surface area contributed by atoms with Gasteiger partial charge in [-0.1, -0.05) is 67.6 Å². The molecule has 0 saturated heterocycles. The summed E-state index contributed by atoms with van der Waals surface area (Å²) >= 11 is 0. The van der Waals surface area contributed by atoms with Crippen LogP contribution in [0.4, 0.5) is 0 Å². The van der Waals surface area contributed by atoms with E-state index < -0.39 is 0 Å². The number of amides is 1. The summed E-state index contributed by atoms with van der Waals surface area (Å²) in [6.07, 6.45) is 3.32. The highest BCUT2D eigenvalue weighted by atomic mass is 16.2. The van der Waals surface area contributed by atoms with Crippen molar-refractivity contribution in [2.45, 2.75) is 19.3 Å². The minimum atomic E-state index is 0.148. The number of nitrogens with one attached hydrogen (secondary N) is 2. The number of quaternary nitrogens is 1. The van der Waals surface area contributed by atoms with E-state index in [4.69, 9.17) is 0 Å². The predicted molar refractivity (Wildman–Crippen MR) is 102 cm³/mol. The first-order valence-corrected chi connectivity index (χ1v) is 9.12. The second kappa shape index (κ2) is 8.63. The summed E-state index contributed by atoms with van der Waals surface area (Å²) in [6.45, 7) is 5.34. The van der Waals surface area contributed by atoms with Crippen molar-refractivity contribution < 1.29 is 9.69 Å². The predicted octanol–water partition coefficient (Wildman–Crippen LogP) is 2.28. The van der Waals surface area contributed by atoms with Gasteiger partial charge in [-0.05, 0) is 28.7 Å². The van der Waals surface area contributed by atoms with Gasteiger partial charge in [0.15, 0.2) is 6.54 Å². The van der Waals surface area contributed by atoms with Crippen molar-refractivity contribution in [1.82, 2.24) is 5.32 Å². The monoisotopic (exact) mass is 335 g/mol. The van der Waals surface area contributed by atoms with Crippen molar-refractivity contribution in [2.24, 2.45) is 0 Å². The smallest absolute Gasteiger partial charge is 0.275 e. The third-order valence-corrected chi connectivity index (χ3v) is 4.91. The van der Waals surface area contributed by atoms with Crippen molar-refractivity contribution in [1.29, 1.82) is 0 Å². The van der Waals surface area contributed by atoms with Crippen molar-refractivity contribution in [3.8, 4) is 0 Å². The minimum absolute atomic E-state index is 0.148. The van der Waals surface area contributed by atoms with Crippen LogP contribution in [0.2, 0.25) is 0 Å². The number of hydrogen-bond acceptors (Lipinski definition) is 1. The second-order valence-electron chi connectivity index (χ2n) is 6.84. The Morgan fingerprint density at radius 3 is 2.40 bits per heavy atom. The van der Waals surface area contributed by atoms with Gasteiger partial charge in [-0.2, -0.15) is 0 Å². The number of benzene rings is 2. The molecular formula is C22H27N2O+. The summed E-state index contributed by atoms with van der Waals surface area (Å²) in [4.78, 5) is 13.6. The first-order chi connectivity index (χ1) is 12.2. The highest BCUT2D eigenvalue weighted by Gasteiger charge is 2.19. The topological polar surface area (TPSA) is 33.5 Å². The molecule has 2 aromatic carbocycles. The normalized spacial score (nSPS) is 18.3. The third-order valence-electron chi connectivity index (χ3n) is 4.91. The van der Waals surface area contributed by atoms with E-state index in [9.17, 15) is 4.79 Å². The number of hydrogen-bond donors (Lipinski definition) is 2. The Bertz CT molecular complexity index is 709. The quantitative estimate of drug-likeness (QED) is 0.834. The molecule has 2 atom stereocenters. The molecule has 3 rings (SSSR count). The van der Waals surface area contributed by atoms with Gasteiger partial charge in [0.25, 0.3) is 5.91 Å². The third kappa shape index (κ3) is 5.04. The molecule has 0 spiro atoms. The summed E-state index contributed by atoms with van der Waals surface area (Å²) in [5.41, 5.74) is 3.98. The molecule has 0 saturated carbocycles. The summed E-state index contributed by atoms with van der Waals surface area (Å²) in [7, 11) is 0. The van der Waals surface area contributed by atoms with Crippen molar-refractivity contribution in [2.75, 3.05) is 26.2 Å². The van der Waals surface area contributed by atoms with Crippen LogP contribution in [0.5, 0.6) is 0 Å². The average Bonchev–Trinajstić information content (AvgIpc) is 2.68. The zero-order chi connectivity index (χ0) is 17.5. The van der Waals surface area contributed by atoms with E-state index in [-0.39, 0.29) is 5.91 Å². The van der Waals surface area contributed by atoms with E-state index in [0.29, 0.717) is 19.0 Å². The average molecular weight is 335 g/mol. The molecule has 0 bridgehead atoms. The fraction of sp³-hybridized carbons (Fsp3) is 0.318. The molecule has 2 N–H and O–H groups in total. The Hall–Kier alpha value is -2.39. The summed E-state index contributed by atoms with van der Waals surface area (Å²) in [5.74, 6) is 0.487. The molecule has 1 aliphatic heterocycles. The number of carbonyl (C=O) groups excluding carboxylic acids is 1. The summed E-state index contributed by atoms with van der Waals surface area (Å²) in [6, 6.07) is 20.9. The Balaban J connectivity index is 1.44. The lowest BCUT2D eigenvalue weighted by Gasteiger charge is -2.23. The number of carbonyl (C=O) groups is 1. The zero-order valence-electron chi connectivity index (χ0n) is 14.9. The maximum absolute atomic E-state index is 12.2. The first-order valence-electron chi connectivity index (χ1n) is 9.12. The van der Waals surface area contributed by atoms with Gasteiger partial charge in [0.2, 0.25) is 0 Å². The van der Waals surface area contributed by atoms with E-state index in [1.807, 2.05) is 24.3 Å². The molecular weight excluding hydrogens is 308 g/mol. The van der Waals surface area contributed by atoms with Gasteiger partial charge >= 0.3 is 0 Å². The van der Waals surface area contributed by atoms with Crippen LogP contribution >= 0.6 is 0 Å². The minimum Gasteiger partial charge on any atom is -0.351 e. The molecule has 1 heterocycles. The van der Waals surface area contributed by atoms with Gasteiger partial charge in [-0.15, -0.1) is 0 Å². The van der Waals surface area contributed by atoms with E-state index in [0.717, 1.165) is 19.5 Å². The Kier molecular flexibility index (Phi) is 6.02. The van der Waals surface area contributed by atoms with Crippen molar-refractivity contribution in [3.63, 3.8) is 0 Å². The first kappa shape index (κ1) is 17.4. The maximum Gasteiger partial charge on any atom is 0.275 e.